The molecule has 2 aromatic rings. The Kier molecular flexibility index (Phi) is 5.28. The molecule has 1 aromatic heterocycles. The second kappa shape index (κ2) is 7.38. The lowest BCUT2D eigenvalue weighted by Gasteiger charge is -2.05. The van der Waals surface area contributed by atoms with Gasteiger partial charge in [-0.25, -0.2) is 0 Å². The van der Waals surface area contributed by atoms with Crippen LogP contribution in [-0.2, 0) is 16.6 Å². The highest BCUT2D eigenvalue weighted by Gasteiger charge is 2.25. The molecule has 7 heteroatoms. The molecule has 0 fully saturated rings. The van der Waals surface area contributed by atoms with Crippen molar-refractivity contribution in [2.75, 3.05) is 5.32 Å². The molecule has 1 N–H and O–H groups in total. The number of carbonyl (C=O) groups excluding carboxylic acids is 2. The summed E-state index contributed by atoms with van der Waals surface area (Å²) in [5.74, 6) is -2.46. The highest BCUT2D eigenvalue weighted by atomic mass is 35.5. The van der Waals surface area contributed by atoms with Gasteiger partial charge >= 0.3 is 0 Å². The summed E-state index contributed by atoms with van der Waals surface area (Å²) in [6, 6.07) is 10.1. The standard InChI is InChI=1S/C16H13ClN4O2/c1-21-9-8-15(20-21)19-16(23)13(10-18)14(22)7-4-11-2-5-12(17)6-3-11/h2-9,13H,1H3,(H,19,20,23). The fraction of sp³-hybridized carbons (Fsp3) is 0.125. The van der Waals surface area contributed by atoms with Gasteiger partial charge in [0.25, 0.3) is 5.91 Å². The van der Waals surface area contributed by atoms with Crippen LogP contribution in [0.5, 0.6) is 0 Å². The summed E-state index contributed by atoms with van der Waals surface area (Å²) in [6.07, 6.45) is 4.37. The number of hydrogen-bond acceptors (Lipinski definition) is 4. The lowest BCUT2D eigenvalue weighted by molar-refractivity contribution is -0.126. The fourth-order valence-electron chi connectivity index (χ4n) is 1.78. The summed E-state index contributed by atoms with van der Waals surface area (Å²) in [4.78, 5) is 24.0. The van der Waals surface area contributed by atoms with Gasteiger partial charge in [0, 0.05) is 24.3 Å². The maximum absolute atomic E-state index is 12.0. The summed E-state index contributed by atoms with van der Waals surface area (Å²) >= 11 is 5.77. The number of aryl methyl sites for hydroxylation is 1. The van der Waals surface area contributed by atoms with Crippen LogP contribution in [0.4, 0.5) is 5.82 Å². The lowest BCUT2D eigenvalue weighted by atomic mass is 10.0. The smallest absolute Gasteiger partial charge is 0.250 e. The number of ketones is 1. The van der Waals surface area contributed by atoms with Crippen molar-refractivity contribution < 1.29 is 9.59 Å². The number of nitrogens with zero attached hydrogens (tertiary/aromatic N) is 3. The van der Waals surface area contributed by atoms with Gasteiger partial charge in [0.1, 0.15) is 0 Å². The van der Waals surface area contributed by atoms with E-state index in [0.717, 1.165) is 5.56 Å². The lowest BCUT2D eigenvalue weighted by Crippen LogP contribution is -2.27. The number of amides is 1. The van der Waals surface area contributed by atoms with Gasteiger partial charge in [-0.15, -0.1) is 0 Å². The maximum atomic E-state index is 12.0. The SMILES string of the molecule is Cn1ccc(NC(=O)C(C#N)C(=O)C=Cc2ccc(Cl)cc2)n1. The first-order valence-corrected chi connectivity index (χ1v) is 7.05. The van der Waals surface area contributed by atoms with E-state index >= 15 is 0 Å². The van der Waals surface area contributed by atoms with Crippen molar-refractivity contribution in [3.63, 3.8) is 0 Å². The second-order valence-electron chi connectivity index (χ2n) is 4.71. The first-order chi connectivity index (χ1) is 11.0. The average molecular weight is 329 g/mol. The maximum Gasteiger partial charge on any atom is 0.250 e. The van der Waals surface area contributed by atoms with Gasteiger partial charge in [0.15, 0.2) is 17.5 Å². The van der Waals surface area contributed by atoms with Gasteiger partial charge in [0.05, 0.1) is 6.07 Å². The highest BCUT2D eigenvalue weighted by molar-refractivity contribution is 6.30. The second-order valence-corrected chi connectivity index (χ2v) is 5.15. The first-order valence-electron chi connectivity index (χ1n) is 6.67. The van der Waals surface area contributed by atoms with Crippen molar-refractivity contribution in [3.05, 3.63) is 53.2 Å². The van der Waals surface area contributed by atoms with E-state index in [-0.39, 0.29) is 5.82 Å². The van der Waals surface area contributed by atoms with Crippen LogP contribution < -0.4 is 5.32 Å². The molecule has 1 amide bonds. The zero-order valence-corrected chi connectivity index (χ0v) is 13.0. The normalized spacial score (nSPS) is 11.9. The predicted molar refractivity (Wildman–Crippen MR) is 86.4 cm³/mol. The van der Waals surface area contributed by atoms with Crippen molar-refractivity contribution >= 4 is 35.2 Å². The molecule has 23 heavy (non-hydrogen) atoms. The number of nitrogens with one attached hydrogen (secondary N) is 1. The summed E-state index contributed by atoms with van der Waals surface area (Å²) in [5, 5.41) is 16.1. The Morgan fingerprint density at radius 3 is 2.61 bits per heavy atom. The Morgan fingerprint density at radius 2 is 2.04 bits per heavy atom. The number of rotatable bonds is 5. The van der Waals surface area contributed by atoms with E-state index in [1.807, 2.05) is 0 Å². The Labute approximate surface area is 138 Å². The third-order valence-electron chi connectivity index (χ3n) is 2.95. The number of halogens is 1. The minimum Gasteiger partial charge on any atom is -0.308 e. The van der Waals surface area contributed by atoms with Gasteiger partial charge in [-0.3, -0.25) is 14.3 Å². The Balaban J connectivity index is 2.04. The zero-order valence-electron chi connectivity index (χ0n) is 12.2. The topological polar surface area (TPSA) is 87.8 Å². The molecule has 1 atom stereocenters. The van der Waals surface area contributed by atoms with Gasteiger partial charge in [-0.2, -0.15) is 10.4 Å². The van der Waals surface area contributed by atoms with Gasteiger partial charge in [-0.1, -0.05) is 29.8 Å². The summed E-state index contributed by atoms with van der Waals surface area (Å²) in [6.45, 7) is 0. The molecule has 0 aliphatic heterocycles. The van der Waals surface area contributed by atoms with Crippen LogP contribution >= 0.6 is 11.6 Å². The van der Waals surface area contributed by atoms with Crippen LogP contribution in [0.3, 0.4) is 0 Å². The van der Waals surface area contributed by atoms with Crippen molar-refractivity contribution in [1.29, 1.82) is 5.26 Å². The van der Waals surface area contributed by atoms with E-state index in [2.05, 4.69) is 10.4 Å². The fourth-order valence-corrected chi connectivity index (χ4v) is 1.91. The predicted octanol–water partition coefficient (Wildman–Crippen LogP) is 2.43. The Morgan fingerprint density at radius 1 is 1.35 bits per heavy atom. The monoisotopic (exact) mass is 328 g/mol. The molecule has 0 aliphatic rings. The molecule has 2 rings (SSSR count). The van der Waals surface area contributed by atoms with Crippen molar-refractivity contribution in [2.24, 2.45) is 13.0 Å². The number of carbonyl (C=O) groups is 2. The van der Waals surface area contributed by atoms with E-state index in [9.17, 15) is 9.59 Å². The molecule has 1 unspecified atom stereocenters. The van der Waals surface area contributed by atoms with Crippen LogP contribution in [0.25, 0.3) is 6.08 Å². The van der Waals surface area contributed by atoms with E-state index < -0.39 is 17.6 Å². The molecule has 0 saturated heterocycles. The van der Waals surface area contributed by atoms with Gasteiger partial charge in [0.2, 0.25) is 0 Å². The minimum atomic E-state index is -1.43. The zero-order chi connectivity index (χ0) is 16.8. The summed E-state index contributed by atoms with van der Waals surface area (Å²) in [7, 11) is 1.69. The molecule has 116 valence electrons. The van der Waals surface area contributed by atoms with Crippen LogP contribution in [0.2, 0.25) is 5.02 Å². The summed E-state index contributed by atoms with van der Waals surface area (Å²) < 4.78 is 1.50. The molecule has 0 bridgehead atoms. The van der Waals surface area contributed by atoms with Gasteiger partial charge < -0.3 is 5.32 Å². The molecule has 0 aliphatic carbocycles. The molecular formula is C16H13ClN4O2. The molecular weight excluding hydrogens is 316 g/mol. The third kappa shape index (κ3) is 4.53. The summed E-state index contributed by atoms with van der Waals surface area (Å²) in [5.41, 5.74) is 0.740. The van der Waals surface area contributed by atoms with Gasteiger partial charge in [-0.05, 0) is 23.8 Å². The molecule has 1 aromatic carbocycles. The first kappa shape index (κ1) is 16.5. The number of allylic oxidation sites excluding steroid dienone is 1. The Bertz CT molecular complexity index is 787. The number of hydrogen-bond donors (Lipinski definition) is 1. The van der Waals surface area contributed by atoms with Crippen molar-refractivity contribution in [2.45, 2.75) is 0 Å². The number of benzene rings is 1. The van der Waals surface area contributed by atoms with E-state index in [1.165, 1.54) is 16.8 Å². The quantitative estimate of drug-likeness (QED) is 0.674. The van der Waals surface area contributed by atoms with Crippen LogP contribution in [0.1, 0.15) is 5.56 Å². The third-order valence-corrected chi connectivity index (χ3v) is 3.20. The van der Waals surface area contributed by atoms with Crippen molar-refractivity contribution in [1.82, 2.24) is 9.78 Å². The highest BCUT2D eigenvalue weighted by Crippen LogP contribution is 2.12. The van der Waals surface area contributed by atoms with Crippen LogP contribution in [0.15, 0.2) is 42.6 Å². The average Bonchev–Trinajstić information content (AvgIpc) is 2.92. The van der Waals surface area contributed by atoms with Crippen LogP contribution in [0, 0.1) is 17.2 Å². The molecule has 1 heterocycles. The molecule has 0 spiro atoms. The van der Waals surface area contributed by atoms with E-state index in [0.29, 0.717) is 5.02 Å². The van der Waals surface area contributed by atoms with E-state index in [1.54, 1.807) is 49.6 Å². The van der Waals surface area contributed by atoms with Crippen LogP contribution in [-0.4, -0.2) is 21.5 Å². The molecule has 6 nitrogen and oxygen atoms in total. The van der Waals surface area contributed by atoms with Crippen molar-refractivity contribution in [3.8, 4) is 6.07 Å². The molecule has 0 saturated carbocycles. The largest absolute Gasteiger partial charge is 0.308 e. The Hall–Kier alpha value is -2.91. The van der Waals surface area contributed by atoms with E-state index in [4.69, 9.17) is 16.9 Å². The molecule has 0 radical (unpaired) electrons. The number of anilines is 1. The minimum absolute atomic E-state index is 0.284. The number of aromatic nitrogens is 2. The number of nitriles is 1.